The van der Waals surface area contributed by atoms with Crippen LogP contribution in [0.5, 0.6) is 5.75 Å². The molecule has 0 atom stereocenters. The summed E-state index contributed by atoms with van der Waals surface area (Å²) < 4.78 is 41.9. The summed E-state index contributed by atoms with van der Waals surface area (Å²) in [5.74, 6) is 0.313. The average molecular weight is 362 g/mol. The molecule has 2 aromatic rings. The van der Waals surface area contributed by atoms with Crippen molar-refractivity contribution in [3.8, 4) is 17.1 Å². The van der Waals surface area contributed by atoms with Crippen molar-refractivity contribution in [1.29, 1.82) is 0 Å². The summed E-state index contributed by atoms with van der Waals surface area (Å²) in [6, 6.07) is 5.74. The lowest BCUT2D eigenvalue weighted by Crippen LogP contribution is -2.17. The van der Waals surface area contributed by atoms with Crippen LogP contribution in [0.3, 0.4) is 0 Å². The predicted molar refractivity (Wildman–Crippen MR) is 76.0 cm³/mol. The van der Waals surface area contributed by atoms with Crippen molar-refractivity contribution in [2.75, 3.05) is 11.9 Å². The van der Waals surface area contributed by atoms with Crippen molar-refractivity contribution < 1.29 is 17.9 Å². The zero-order valence-corrected chi connectivity index (χ0v) is 12.5. The minimum absolute atomic E-state index is 0.147. The molecule has 0 bridgehead atoms. The largest absolute Gasteiger partial charge is 0.573 e. The molecule has 0 fully saturated rings. The van der Waals surface area contributed by atoms with Gasteiger partial charge < -0.3 is 10.1 Å². The van der Waals surface area contributed by atoms with Gasteiger partial charge in [-0.1, -0.05) is 12.1 Å². The van der Waals surface area contributed by atoms with E-state index in [0.29, 0.717) is 16.8 Å². The monoisotopic (exact) mass is 361 g/mol. The molecule has 0 amide bonds. The van der Waals surface area contributed by atoms with E-state index in [4.69, 9.17) is 0 Å². The molecule has 21 heavy (non-hydrogen) atoms. The fourth-order valence-electron chi connectivity index (χ4n) is 1.65. The third kappa shape index (κ3) is 4.07. The molecule has 1 aromatic heterocycles. The molecule has 1 heterocycles. The Bertz CT molecular complexity index is 634. The van der Waals surface area contributed by atoms with Gasteiger partial charge in [0.2, 0.25) is 0 Å². The van der Waals surface area contributed by atoms with Crippen LogP contribution in [0.2, 0.25) is 0 Å². The lowest BCUT2D eigenvalue weighted by molar-refractivity contribution is -0.274. The summed E-state index contributed by atoms with van der Waals surface area (Å²) in [5, 5.41) is 2.99. The van der Waals surface area contributed by atoms with E-state index in [-0.39, 0.29) is 17.1 Å². The molecule has 112 valence electrons. The molecule has 0 unspecified atom stereocenters. The van der Waals surface area contributed by atoms with Crippen molar-refractivity contribution in [1.82, 2.24) is 9.97 Å². The van der Waals surface area contributed by atoms with E-state index in [9.17, 15) is 13.2 Å². The molecule has 0 aliphatic heterocycles. The third-order valence-electron chi connectivity index (χ3n) is 2.44. The van der Waals surface area contributed by atoms with E-state index >= 15 is 0 Å². The first-order valence-corrected chi connectivity index (χ1v) is 6.81. The number of ether oxygens (including phenoxy) is 1. The molecule has 0 saturated carbocycles. The zero-order chi connectivity index (χ0) is 15.5. The molecule has 0 saturated heterocycles. The van der Waals surface area contributed by atoms with Gasteiger partial charge in [0.1, 0.15) is 11.6 Å². The first-order valence-electron chi connectivity index (χ1n) is 6.02. The summed E-state index contributed by atoms with van der Waals surface area (Å²) in [6.07, 6.45) is -3.29. The van der Waals surface area contributed by atoms with Crippen LogP contribution in [-0.4, -0.2) is 22.9 Å². The molecule has 1 aromatic carbocycles. The van der Waals surface area contributed by atoms with Gasteiger partial charge in [-0.25, -0.2) is 9.97 Å². The van der Waals surface area contributed by atoms with Crippen molar-refractivity contribution in [3.05, 3.63) is 34.9 Å². The summed E-state index contributed by atoms with van der Waals surface area (Å²) in [5.41, 5.74) is 0.168. The van der Waals surface area contributed by atoms with Crippen LogP contribution in [0.15, 0.2) is 34.9 Å². The molecule has 2 rings (SSSR count). The summed E-state index contributed by atoms with van der Waals surface area (Å²) >= 11 is 3.27. The summed E-state index contributed by atoms with van der Waals surface area (Å²) in [4.78, 5) is 8.24. The fourth-order valence-corrected chi connectivity index (χ4v) is 1.98. The first-order chi connectivity index (χ1) is 9.90. The number of anilines is 1. The second-order valence-electron chi connectivity index (χ2n) is 3.96. The van der Waals surface area contributed by atoms with Crippen LogP contribution in [0.25, 0.3) is 11.4 Å². The van der Waals surface area contributed by atoms with Crippen molar-refractivity contribution in [2.45, 2.75) is 13.3 Å². The highest BCUT2D eigenvalue weighted by molar-refractivity contribution is 9.10. The normalized spacial score (nSPS) is 11.3. The Morgan fingerprint density at radius 1 is 1.29 bits per heavy atom. The number of rotatable bonds is 4. The van der Waals surface area contributed by atoms with E-state index in [1.165, 1.54) is 24.4 Å². The Kier molecular flexibility index (Phi) is 4.66. The van der Waals surface area contributed by atoms with Gasteiger partial charge in [-0.05, 0) is 35.0 Å². The minimum atomic E-state index is -4.77. The average Bonchev–Trinajstić information content (AvgIpc) is 2.40. The van der Waals surface area contributed by atoms with E-state index in [1.54, 1.807) is 6.07 Å². The highest BCUT2D eigenvalue weighted by Crippen LogP contribution is 2.33. The number of hydrogen-bond donors (Lipinski definition) is 1. The maximum atomic E-state index is 12.4. The highest BCUT2D eigenvalue weighted by atomic mass is 79.9. The number of nitrogens with one attached hydrogen (secondary N) is 1. The van der Waals surface area contributed by atoms with Gasteiger partial charge in [-0.15, -0.1) is 13.2 Å². The van der Waals surface area contributed by atoms with E-state index < -0.39 is 6.36 Å². The van der Waals surface area contributed by atoms with Crippen molar-refractivity contribution in [3.63, 3.8) is 0 Å². The molecule has 4 nitrogen and oxygen atoms in total. The Morgan fingerprint density at radius 3 is 2.67 bits per heavy atom. The molecule has 0 aliphatic carbocycles. The van der Waals surface area contributed by atoms with Gasteiger partial charge in [0.25, 0.3) is 0 Å². The maximum absolute atomic E-state index is 12.4. The number of benzene rings is 1. The van der Waals surface area contributed by atoms with Gasteiger partial charge in [0.05, 0.1) is 10.0 Å². The number of nitrogens with zero attached hydrogens (tertiary/aromatic N) is 2. The van der Waals surface area contributed by atoms with Crippen molar-refractivity contribution >= 4 is 21.7 Å². The van der Waals surface area contributed by atoms with Crippen LogP contribution >= 0.6 is 15.9 Å². The molecule has 0 spiro atoms. The Morgan fingerprint density at radius 2 is 2.00 bits per heavy atom. The quantitative estimate of drug-likeness (QED) is 0.884. The van der Waals surface area contributed by atoms with E-state index in [0.717, 1.165) is 0 Å². The maximum Gasteiger partial charge on any atom is 0.573 e. The minimum Gasteiger partial charge on any atom is -0.405 e. The van der Waals surface area contributed by atoms with Crippen LogP contribution in [0.4, 0.5) is 19.0 Å². The third-order valence-corrected chi connectivity index (χ3v) is 3.02. The Labute approximate surface area is 127 Å². The van der Waals surface area contributed by atoms with E-state index in [2.05, 4.69) is 36.0 Å². The van der Waals surface area contributed by atoms with Gasteiger partial charge in [-0.3, -0.25) is 0 Å². The lowest BCUT2D eigenvalue weighted by Gasteiger charge is -2.13. The molecule has 8 heteroatoms. The Hall–Kier alpha value is -1.83. The van der Waals surface area contributed by atoms with Crippen LogP contribution in [0.1, 0.15) is 6.92 Å². The SMILES string of the molecule is CCNc1nc(-c2ccccc2OC(F)(F)F)ncc1Br. The van der Waals surface area contributed by atoms with Gasteiger partial charge in [-0.2, -0.15) is 0 Å². The van der Waals surface area contributed by atoms with Crippen molar-refractivity contribution in [2.24, 2.45) is 0 Å². The fraction of sp³-hybridized carbons (Fsp3) is 0.231. The molecule has 0 aliphatic rings. The van der Waals surface area contributed by atoms with Crippen LogP contribution in [0, 0.1) is 0 Å². The smallest absolute Gasteiger partial charge is 0.405 e. The number of para-hydroxylation sites is 1. The second-order valence-corrected chi connectivity index (χ2v) is 4.82. The summed E-state index contributed by atoms with van der Waals surface area (Å²) in [7, 11) is 0. The molecular formula is C13H11BrF3N3O. The zero-order valence-electron chi connectivity index (χ0n) is 10.9. The van der Waals surface area contributed by atoms with Gasteiger partial charge in [0, 0.05) is 12.7 Å². The standard InChI is InChI=1S/C13H11BrF3N3O/c1-2-18-12-9(14)7-19-11(20-12)8-5-3-4-6-10(8)21-13(15,16)17/h3-7H,2H2,1H3,(H,18,19,20). The van der Waals surface area contributed by atoms with Crippen LogP contribution in [-0.2, 0) is 0 Å². The lowest BCUT2D eigenvalue weighted by atomic mass is 10.2. The topological polar surface area (TPSA) is 47.0 Å². The highest BCUT2D eigenvalue weighted by Gasteiger charge is 2.32. The van der Waals surface area contributed by atoms with E-state index in [1.807, 2.05) is 6.92 Å². The predicted octanol–water partition coefficient (Wildman–Crippen LogP) is 4.24. The first kappa shape index (κ1) is 15.6. The van der Waals surface area contributed by atoms with Gasteiger partial charge >= 0.3 is 6.36 Å². The van der Waals surface area contributed by atoms with Gasteiger partial charge in [0.15, 0.2) is 5.82 Å². The molecular weight excluding hydrogens is 351 g/mol. The Balaban J connectivity index is 2.44. The number of alkyl halides is 3. The summed E-state index contributed by atoms with van der Waals surface area (Å²) in [6.45, 7) is 2.50. The van der Waals surface area contributed by atoms with Crippen LogP contribution < -0.4 is 10.1 Å². The second kappa shape index (κ2) is 6.30. The number of hydrogen-bond acceptors (Lipinski definition) is 4. The number of aromatic nitrogens is 2. The molecule has 0 radical (unpaired) electrons. The molecule has 1 N–H and O–H groups in total. The number of halogens is 4.